The zero-order valence-corrected chi connectivity index (χ0v) is 18.9. The van der Waals surface area contributed by atoms with Gasteiger partial charge in [0.15, 0.2) is 11.5 Å². The van der Waals surface area contributed by atoms with E-state index < -0.39 is 0 Å². The van der Waals surface area contributed by atoms with E-state index in [1.54, 1.807) is 0 Å². The first-order valence-electron chi connectivity index (χ1n) is 10.7. The molecule has 1 amide bonds. The second kappa shape index (κ2) is 8.83. The Labute approximate surface area is 188 Å². The van der Waals surface area contributed by atoms with E-state index in [-0.39, 0.29) is 17.4 Å². The van der Waals surface area contributed by atoms with Crippen LogP contribution in [0, 0.1) is 0 Å². The van der Waals surface area contributed by atoms with Gasteiger partial charge in [-0.05, 0) is 59.9 Å². The van der Waals surface area contributed by atoms with Gasteiger partial charge in [-0.2, -0.15) is 0 Å². The second-order valence-electron chi connectivity index (χ2n) is 8.94. The molecule has 0 bridgehead atoms. The topological polar surface area (TPSA) is 68.5 Å². The number of amides is 1. The van der Waals surface area contributed by atoms with Gasteiger partial charge in [0.1, 0.15) is 12.4 Å². The highest BCUT2D eigenvalue weighted by Gasteiger charge is 2.17. The minimum absolute atomic E-state index is 0.119. The molecule has 0 aliphatic carbocycles. The fourth-order valence-corrected chi connectivity index (χ4v) is 3.47. The van der Waals surface area contributed by atoms with Gasteiger partial charge < -0.3 is 10.1 Å². The highest BCUT2D eigenvalue weighted by Crippen LogP contribution is 2.24. The molecule has 32 heavy (non-hydrogen) atoms. The summed E-state index contributed by atoms with van der Waals surface area (Å²) in [4.78, 5) is 12.7. The molecule has 1 unspecified atom stereocenters. The summed E-state index contributed by atoms with van der Waals surface area (Å²) in [6.45, 7) is 8.91. The number of nitrogens with one attached hydrogen (secondary N) is 1. The smallest absolute Gasteiger partial charge is 0.251 e. The molecule has 4 aromatic rings. The summed E-state index contributed by atoms with van der Waals surface area (Å²) in [6, 6.07) is 21.1. The molecule has 2 aromatic carbocycles. The van der Waals surface area contributed by atoms with Crippen LogP contribution in [0.5, 0.6) is 5.75 Å². The lowest BCUT2D eigenvalue weighted by atomic mass is 9.87. The number of benzene rings is 2. The molecule has 0 aliphatic rings. The predicted molar refractivity (Wildman–Crippen MR) is 125 cm³/mol. The van der Waals surface area contributed by atoms with E-state index in [1.807, 2.05) is 72.1 Å². The van der Waals surface area contributed by atoms with Crippen molar-refractivity contribution in [2.24, 2.45) is 0 Å². The van der Waals surface area contributed by atoms with Gasteiger partial charge in [-0.1, -0.05) is 51.1 Å². The van der Waals surface area contributed by atoms with Crippen LogP contribution < -0.4 is 10.1 Å². The monoisotopic (exact) mass is 428 g/mol. The zero-order valence-electron chi connectivity index (χ0n) is 18.9. The first kappa shape index (κ1) is 21.6. The number of nitrogens with zero attached hydrogens (tertiary/aromatic N) is 3. The molecular formula is C26H28N4O2. The van der Waals surface area contributed by atoms with Crippen molar-refractivity contribution in [2.45, 2.75) is 45.8 Å². The van der Waals surface area contributed by atoms with Crippen molar-refractivity contribution in [3.8, 4) is 5.75 Å². The first-order chi connectivity index (χ1) is 15.3. The maximum atomic E-state index is 12.7. The Bertz CT molecular complexity index is 1210. The molecule has 2 heterocycles. The number of carbonyl (C=O) groups is 1. The predicted octanol–water partition coefficient (Wildman–Crippen LogP) is 5.10. The lowest BCUT2D eigenvalue weighted by Crippen LogP contribution is -2.28. The summed E-state index contributed by atoms with van der Waals surface area (Å²) in [5.74, 6) is 1.36. The Morgan fingerprint density at radius 2 is 1.72 bits per heavy atom. The Hall–Kier alpha value is -3.67. The molecule has 164 valence electrons. The van der Waals surface area contributed by atoms with Crippen LogP contribution in [0.15, 0.2) is 72.9 Å². The van der Waals surface area contributed by atoms with E-state index in [0.29, 0.717) is 18.0 Å². The van der Waals surface area contributed by atoms with Crippen molar-refractivity contribution in [3.05, 3.63) is 95.4 Å². The molecular weight excluding hydrogens is 400 g/mol. The summed E-state index contributed by atoms with van der Waals surface area (Å²) in [7, 11) is 0. The number of ether oxygens (including phenoxy) is 1. The van der Waals surface area contributed by atoms with Gasteiger partial charge in [0.2, 0.25) is 0 Å². The van der Waals surface area contributed by atoms with Gasteiger partial charge in [0, 0.05) is 11.8 Å². The standard InChI is InChI=1S/C26H28N4O2/c1-18(24-29-28-23-7-5-6-16-30(23)24)27-25(31)20-10-8-19(9-11-20)17-32-22-14-12-21(13-15-22)26(2,3)4/h5-16,18H,17H2,1-4H3,(H,27,31). The van der Waals surface area contributed by atoms with Crippen LogP contribution >= 0.6 is 0 Å². The second-order valence-corrected chi connectivity index (χ2v) is 8.94. The number of aromatic nitrogens is 3. The van der Waals surface area contributed by atoms with E-state index in [0.717, 1.165) is 17.0 Å². The number of carbonyl (C=O) groups excluding carboxylic acids is 1. The molecule has 0 saturated heterocycles. The molecule has 0 fully saturated rings. The average molecular weight is 429 g/mol. The van der Waals surface area contributed by atoms with Gasteiger partial charge in [0.05, 0.1) is 6.04 Å². The number of hydrogen-bond donors (Lipinski definition) is 1. The zero-order chi connectivity index (χ0) is 22.7. The number of hydrogen-bond acceptors (Lipinski definition) is 4. The lowest BCUT2D eigenvalue weighted by molar-refractivity contribution is 0.0938. The van der Waals surface area contributed by atoms with Gasteiger partial charge in [-0.15, -0.1) is 10.2 Å². The molecule has 0 radical (unpaired) electrons. The molecule has 6 nitrogen and oxygen atoms in total. The van der Waals surface area contributed by atoms with Gasteiger partial charge in [0.25, 0.3) is 5.91 Å². The van der Waals surface area contributed by atoms with Crippen LogP contribution in [-0.2, 0) is 12.0 Å². The van der Waals surface area contributed by atoms with Gasteiger partial charge in [-0.25, -0.2) is 0 Å². The van der Waals surface area contributed by atoms with Crippen molar-refractivity contribution >= 4 is 11.6 Å². The average Bonchev–Trinajstić information content (AvgIpc) is 3.22. The van der Waals surface area contributed by atoms with Gasteiger partial charge in [-0.3, -0.25) is 9.20 Å². The normalized spacial score (nSPS) is 12.5. The number of pyridine rings is 1. The van der Waals surface area contributed by atoms with Crippen LogP contribution in [0.2, 0.25) is 0 Å². The molecule has 1 atom stereocenters. The summed E-state index contributed by atoms with van der Waals surface area (Å²) < 4.78 is 7.77. The quantitative estimate of drug-likeness (QED) is 0.464. The molecule has 0 saturated carbocycles. The van der Waals surface area contributed by atoms with Crippen LogP contribution in [0.4, 0.5) is 0 Å². The van der Waals surface area contributed by atoms with Crippen LogP contribution in [0.1, 0.15) is 61.0 Å². The highest BCUT2D eigenvalue weighted by atomic mass is 16.5. The van der Waals surface area contributed by atoms with Crippen LogP contribution in [-0.4, -0.2) is 20.5 Å². The van der Waals surface area contributed by atoms with Crippen molar-refractivity contribution in [1.29, 1.82) is 0 Å². The summed E-state index contributed by atoms with van der Waals surface area (Å²) in [6.07, 6.45) is 1.89. The third kappa shape index (κ3) is 4.80. The summed E-state index contributed by atoms with van der Waals surface area (Å²) in [5, 5.41) is 11.3. The molecule has 4 rings (SSSR count). The third-order valence-electron chi connectivity index (χ3n) is 5.42. The fourth-order valence-electron chi connectivity index (χ4n) is 3.47. The minimum atomic E-state index is -0.279. The maximum Gasteiger partial charge on any atom is 0.251 e. The number of fused-ring (bicyclic) bond motifs is 1. The van der Waals surface area contributed by atoms with E-state index in [2.05, 4.69) is 48.4 Å². The minimum Gasteiger partial charge on any atom is -0.489 e. The van der Waals surface area contributed by atoms with Crippen molar-refractivity contribution in [1.82, 2.24) is 19.9 Å². The number of rotatable bonds is 6. The fraction of sp³-hybridized carbons (Fsp3) is 0.269. The van der Waals surface area contributed by atoms with E-state index in [9.17, 15) is 4.79 Å². The largest absolute Gasteiger partial charge is 0.489 e. The van der Waals surface area contributed by atoms with Crippen LogP contribution in [0.3, 0.4) is 0 Å². The Morgan fingerprint density at radius 1 is 1.00 bits per heavy atom. The molecule has 0 spiro atoms. The first-order valence-corrected chi connectivity index (χ1v) is 10.7. The summed E-state index contributed by atoms with van der Waals surface area (Å²) >= 11 is 0. The van der Waals surface area contributed by atoms with Crippen molar-refractivity contribution < 1.29 is 9.53 Å². The molecule has 1 N–H and O–H groups in total. The molecule has 0 aliphatic heterocycles. The highest BCUT2D eigenvalue weighted by molar-refractivity contribution is 5.94. The van der Waals surface area contributed by atoms with Crippen molar-refractivity contribution in [3.63, 3.8) is 0 Å². The van der Waals surface area contributed by atoms with E-state index in [1.165, 1.54) is 5.56 Å². The molecule has 2 aromatic heterocycles. The van der Waals surface area contributed by atoms with E-state index in [4.69, 9.17) is 4.74 Å². The van der Waals surface area contributed by atoms with E-state index >= 15 is 0 Å². The Morgan fingerprint density at radius 3 is 2.41 bits per heavy atom. The Kier molecular flexibility index (Phi) is 5.95. The van der Waals surface area contributed by atoms with Crippen molar-refractivity contribution in [2.75, 3.05) is 0 Å². The third-order valence-corrected chi connectivity index (χ3v) is 5.42. The van der Waals surface area contributed by atoms with Crippen LogP contribution in [0.25, 0.3) is 5.65 Å². The lowest BCUT2D eigenvalue weighted by Gasteiger charge is -2.19. The molecule has 6 heteroatoms. The summed E-state index contributed by atoms with van der Waals surface area (Å²) in [5.41, 5.74) is 3.73. The Balaban J connectivity index is 1.35. The maximum absolute atomic E-state index is 12.7. The van der Waals surface area contributed by atoms with Gasteiger partial charge >= 0.3 is 0 Å². The SMILES string of the molecule is CC(NC(=O)c1ccc(COc2ccc(C(C)(C)C)cc2)cc1)c1nnc2ccccn12.